The van der Waals surface area contributed by atoms with Crippen molar-refractivity contribution in [1.82, 2.24) is 10.6 Å². The lowest BCUT2D eigenvalue weighted by atomic mass is 10.2. The summed E-state index contributed by atoms with van der Waals surface area (Å²) >= 11 is 0. The first-order valence-corrected chi connectivity index (χ1v) is 4.85. The van der Waals surface area contributed by atoms with E-state index >= 15 is 0 Å². The van der Waals surface area contributed by atoms with Crippen LogP contribution in [0.5, 0.6) is 0 Å². The molecule has 0 unspecified atom stereocenters. The van der Waals surface area contributed by atoms with Crippen LogP contribution >= 0.6 is 0 Å². The second-order valence-corrected chi connectivity index (χ2v) is 3.08. The summed E-state index contributed by atoms with van der Waals surface area (Å²) in [5, 5.41) is 13.2. The molecule has 0 aliphatic rings. The highest BCUT2D eigenvalue weighted by molar-refractivity contribution is 5.84. The first-order chi connectivity index (χ1) is 7.51. The fourth-order valence-corrected chi connectivity index (χ4v) is 0.980. The van der Waals surface area contributed by atoms with E-state index in [0.29, 0.717) is 12.8 Å². The SMILES string of the molecule is CCC[C@@H](NC(=O)NCC(=O)OC)C(=O)O. The lowest BCUT2D eigenvalue weighted by Crippen LogP contribution is -2.47. The molecule has 0 heterocycles. The Balaban J connectivity index is 4.00. The number of rotatable bonds is 6. The van der Waals surface area contributed by atoms with Gasteiger partial charge >= 0.3 is 18.0 Å². The number of hydrogen-bond acceptors (Lipinski definition) is 4. The molecular formula is C9H16N2O5. The topological polar surface area (TPSA) is 105 Å². The Morgan fingerprint density at radius 3 is 2.44 bits per heavy atom. The van der Waals surface area contributed by atoms with Gasteiger partial charge < -0.3 is 20.5 Å². The number of hydrogen-bond donors (Lipinski definition) is 3. The van der Waals surface area contributed by atoms with Gasteiger partial charge in [0.15, 0.2) is 0 Å². The number of carboxylic acid groups (broad SMARTS) is 1. The summed E-state index contributed by atoms with van der Waals surface area (Å²) < 4.78 is 4.30. The van der Waals surface area contributed by atoms with E-state index in [0.717, 1.165) is 0 Å². The predicted octanol–water partition coefficient (Wildman–Crippen LogP) is -0.288. The number of amides is 2. The summed E-state index contributed by atoms with van der Waals surface area (Å²) in [7, 11) is 1.19. The Kier molecular flexibility index (Phi) is 6.66. The molecule has 0 aliphatic heterocycles. The Morgan fingerprint density at radius 1 is 1.38 bits per heavy atom. The fourth-order valence-electron chi connectivity index (χ4n) is 0.980. The van der Waals surface area contributed by atoms with Crippen LogP contribution in [0.1, 0.15) is 19.8 Å². The third-order valence-corrected chi connectivity index (χ3v) is 1.80. The van der Waals surface area contributed by atoms with Crippen LogP contribution < -0.4 is 10.6 Å². The van der Waals surface area contributed by atoms with Crippen molar-refractivity contribution in [2.75, 3.05) is 13.7 Å². The van der Waals surface area contributed by atoms with Crippen LogP contribution in [0.3, 0.4) is 0 Å². The first-order valence-electron chi connectivity index (χ1n) is 4.85. The molecule has 0 bridgehead atoms. The molecule has 92 valence electrons. The number of carboxylic acids is 1. The molecule has 0 aliphatic carbocycles. The minimum absolute atomic E-state index is 0.291. The number of ether oxygens (including phenoxy) is 1. The van der Waals surface area contributed by atoms with Gasteiger partial charge in [-0.25, -0.2) is 9.59 Å². The monoisotopic (exact) mass is 232 g/mol. The molecule has 0 fully saturated rings. The van der Waals surface area contributed by atoms with Gasteiger partial charge in [-0.1, -0.05) is 13.3 Å². The highest BCUT2D eigenvalue weighted by Gasteiger charge is 2.18. The maximum absolute atomic E-state index is 11.2. The Bertz CT molecular complexity index is 267. The second-order valence-electron chi connectivity index (χ2n) is 3.08. The summed E-state index contributed by atoms with van der Waals surface area (Å²) in [5.41, 5.74) is 0. The molecule has 1 atom stereocenters. The molecule has 2 amide bonds. The van der Waals surface area contributed by atoms with E-state index in [2.05, 4.69) is 15.4 Å². The second kappa shape index (κ2) is 7.49. The van der Waals surface area contributed by atoms with E-state index in [1.807, 2.05) is 6.92 Å². The molecule has 0 rings (SSSR count). The van der Waals surface area contributed by atoms with E-state index in [1.165, 1.54) is 7.11 Å². The zero-order valence-corrected chi connectivity index (χ0v) is 9.28. The number of carbonyl (C=O) groups is 3. The fraction of sp³-hybridized carbons (Fsp3) is 0.667. The highest BCUT2D eigenvalue weighted by Crippen LogP contribution is 1.96. The summed E-state index contributed by atoms with van der Waals surface area (Å²) in [6.07, 6.45) is 0.967. The lowest BCUT2D eigenvalue weighted by Gasteiger charge is -2.13. The van der Waals surface area contributed by atoms with Gasteiger partial charge in [-0.2, -0.15) is 0 Å². The molecule has 0 aromatic heterocycles. The van der Waals surface area contributed by atoms with E-state index in [4.69, 9.17) is 5.11 Å². The quantitative estimate of drug-likeness (QED) is 0.546. The maximum atomic E-state index is 11.2. The molecule has 0 radical (unpaired) electrons. The minimum Gasteiger partial charge on any atom is -0.480 e. The van der Waals surface area contributed by atoms with Crippen LogP contribution in [0.4, 0.5) is 4.79 Å². The first kappa shape index (κ1) is 14.2. The normalized spacial score (nSPS) is 11.4. The predicted molar refractivity (Wildman–Crippen MR) is 54.9 cm³/mol. The van der Waals surface area contributed by atoms with Gasteiger partial charge in [-0.3, -0.25) is 4.79 Å². The molecule has 0 saturated carbocycles. The van der Waals surface area contributed by atoms with Gasteiger partial charge in [-0.05, 0) is 6.42 Å². The molecule has 0 aromatic rings. The van der Waals surface area contributed by atoms with E-state index < -0.39 is 24.0 Å². The number of esters is 1. The van der Waals surface area contributed by atoms with Gasteiger partial charge in [0.05, 0.1) is 7.11 Å². The van der Waals surface area contributed by atoms with Gasteiger partial charge in [0, 0.05) is 0 Å². The zero-order valence-electron chi connectivity index (χ0n) is 9.28. The van der Waals surface area contributed by atoms with Crippen molar-refractivity contribution in [3.8, 4) is 0 Å². The summed E-state index contributed by atoms with van der Waals surface area (Å²) in [6.45, 7) is 1.52. The molecule has 0 aromatic carbocycles. The van der Waals surface area contributed by atoms with E-state index in [-0.39, 0.29) is 6.54 Å². The molecule has 16 heavy (non-hydrogen) atoms. The third-order valence-electron chi connectivity index (χ3n) is 1.80. The number of urea groups is 1. The van der Waals surface area contributed by atoms with Crippen molar-refractivity contribution in [2.45, 2.75) is 25.8 Å². The van der Waals surface area contributed by atoms with Gasteiger partial charge in [-0.15, -0.1) is 0 Å². The summed E-state index contributed by atoms with van der Waals surface area (Å²) in [5.74, 6) is -1.70. The van der Waals surface area contributed by atoms with Crippen molar-refractivity contribution in [3.63, 3.8) is 0 Å². The van der Waals surface area contributed by atoms with E-state index in [1.54, 1.807) is 0 Å². The average molecular weight is 232 g/mol. The molecular weight excluding hydrogens is 216 g/mol. The molecule has 0 saturated heterocycles. The molecule has 7 nitrogen and oxygen atoms in total. The Labute approximate surface area is 93.2 Å². The van der Waals surface area contributed by atoms with Crippen LogP contribution in [0.15, 0.2) is 0 Å². The number of carbonyl (C=O) groups excluding carboxylic acids is 2. The van der Waals surface area contributed by atoms with Gasteiger partial charge in [0.25, 0.3) is 0 Å². The minimum atomic E-state index is -1.10. The summed E-state index contributed by atoms with van der Waals surface area (Å²) in [6, 6.07) is -1.64. The summed E-state index contributed by atoms with van der Waals surface area (Å²) in [4.78, 5) is 32.5. The molecule has 7 heteroatoms. The van der Waals surface area contributed by atoms with Crippen molar-refractivity contribution in [2.24, 2.45) is 0 Å². The largest absolute Gasteiger partial charge is 0.480 e. The van der Waals surface area contributed by atoms with Crippen molar-refractivity contribution >= 4 is 18.0 Å². The lowest BCUT2D eigenvalue weighted by molar-refractivity contribution is -0.139. The highest BCUT2D eigenvalue weighted by atomic mass is 16.5. The zero-order chi connectivity index (χ0) is 12.6. The van der Waals surface area contributed by atoms with Gasteiger partial charge in [0.2, 0.25) is 0 Å². The third kappa shape index (κ3) is 5.84. The molecule has 0 spiro atoms. The number of aliphatic carboxylic acids is 1. The van der Waals surface area contributed by atoms with E-state index in [9.17, 15) is 14.4 Å². The van der Waals surface area contributed by atoms with Crippen molar-refractivity contribution in [3.05, 3.63) is 0 Å². The van der Waals surface area contributed by atoms with Crippen LogP contribution in [-0.4, -0.2) is 42.8 Å². The number of nitrogens with one attached hydrogen (secondary N) is 2. The van der Waals surface area contributed by atoms with Crippen molar-refractivity contribution < 1.29 is 24.2 Å². The Morgan fingerprint density at radius 2 is 2.00 bits per heavy atom. The van der Waals surface area contributed by atoms with Crippen LogP contribution in [0.2, 0.25) is 0 Å². The molecule has 3 N–H and O–H groups in total. The standard InChI is InChI=1S/C9H16N2O5/c1-3-4-6(8(13)14)11-9(15)10-5-7(12)16-2/h6H,3-5H2,1-2H3,(H,13,14)(H2,10,11,15)/t6-/m1/s1. The number of methoxy groups -OCH3 is 1. The smallest absolute Gasteiger partial charge is 0.326 e. The van der Waals surface area contributed by atoms with Crippen LogP contribution in [-0.2, 0) is 14.3 Å². The van der Waals surface area contributed by atoms with Crippen molar-refractivity contribution in [1.29, 1.82) is 0 Å². The Hall–Kier alpha value is -1.79. The van der Waals surface area contributed by atoms with Gasteiger partial charge in [0.1, 0.15) is 12.6 Å². The van der Waals surface area contributed by atoms with Crippen LogP contribution in [0.25, 0.3) is 0 Å². The van der Waals surface area contributed by atoms with Crippen LogP contribution in [0, 0.1) is 0 Å². The average Bonchev–Trinajstić information content (AvgIpc) is 2.25. The maximum Gasteiger partial charge on any atom is 0.326 e.